The van der Waals surface area contributed by atoms with E-state index < -0.39 is 5.97 Å². The van der Waals surface area contributed by atoms with E-state index in [1.54, 1.807) is 13.0 Å². The summed E-state index contributed by atoms with van der Waals surface area (Å²) < 4.78 is 5.77. The number of carboxylic acid groups (broad SMARTS) is 1. The van der Waals surface area contributed by atoms with Crippen LogP contribution in [0.4, 0.5) is 5.69 Å². The first-order valence-electron chi connectivity index (χ1n) is 8.29. The number of aryl methyl sites for hydroxylation is 2. The summed E-state index contributed by atoms with van der Waals surface area (Å²) in [7, 11) is 0. The highest BCUT2D eigenvalue weighted by Crippen LogP contribution is 2.30. The number of anilines is 1. The number of rotatable bonds is 4. The molecule has 0 fully saturated rings. The Kier molecular flexibility index (Phi) is 4.86. The van der Waals surface area contributed by atoms with E-state index in [-0.39, 0.29) is 24.0 Å². The Bertz CT molecular complexity index is 828. The smallest absolute Gasteiger partial charge is 0.336 e. The Balaban J connectivity index is 1.76. The molecule has 1 unspecified atom stereocenters. The van der Waals surface area contributed by atoms with Crippen LogP contribution in [-0.4, -0.2) is 23.6 Å². The fourth-order valence-electron chi connectivity index (χ4n) is 3.23. The molecule has 130 valence electrons. The van der Waals surface area contributed by atoms with Gasteiger partial charge in [0.2, 0.25) is 5.91 Å². The monoisotopic (exact) mass is 339 g/mol. The topological polar surface area (TPSA) is 75.6 Å². The summed E-state index contributed by atoms with van der Waals surface area (Å²) in [6.07, 6.45) is 0.787. The van der Waals surface area contributed by atoms with Gasteiger partial charge in [-0.25, -0.2) is 4.79 Å². The van der Waals surface area contributed by atoms with Crippen LogP contribution in [0.15, 0.2) is 36.4 Å². The summed E-state index contributed by atoms with van der Waals surface area (Å²) in [6, 6.07) is 11.3. The van der Waals surface area contributed by atoms with Gasteiger partial charge in [-0.15, -0.1) is 0 Å². The summed E-state index contributed by atoms with van der Waals surface area (Å²) in [6.45, 7) is 4.19. The van der Waals surface area contributed by atoms with Crippen molar-refractivity contribution >= 4 is 17.6 Å². The molecular weight excluding hydrogens is 318 g/mol. The number of hydrogen-bond acceptors (Lipinski definition) is 3. The highest BCUT2D eigenvalue weighted by molar-refractivity contribution is 5.95. The molecule has 3 rings (SSSR count). The van der Waals surface area contributed by atoms with Gasteiger partial charge >= 0.3 is 5.97 Å². The lowest BCUT2D eigenvalue weighted by atomic mass is 9.95. The zero-order valence-corrected chi connectivity index (χ0v) is 14.3. The second kappa shape index (κ2) is 7.07. The van der Waals surface area contributed by atoms with E-state index in [4.69, 9.17) is 4.74 Å². The van der Waals surface area contributed by atoms with Gasteiger partial charge in [-0.3, -0.25) is 4.79 Å². The maximum absolute atomic E-state index is 12.5. The van der Waals surface area contributed by atoms with Crippen LogP contribution < -0.4 is 5.32 Å². The Labute approximate surface area is 146 Å². The number of nitrogens with one attached hydrogen (secondary N) is 1. The average Bonchev–Trinajstić information content (AvgIpc) is 2.57. The molecule has 5 heteroatoms. The summed E-state index contributed by atoms with van der Waals surface area (Å²) in [5, 5.41) is 12.1. The number of ether oxygens (including phenoxy) is 1. The van der Waals surface area contributed by atoms with Crippen molar-refractivity contribution in [2.75, 3.05) is 11.9 Å². The Morgan fingerprint density at radius 2 is 1.96 bits per heavy atom. The minimum Gasteiger partial charge on any atom is -0.478 e. The molecule has 0 radical (unpaired) electrons. The standard InChI is InChI=1S/C20H21NO4/c1-12-9-13(2)17(10-16(12)20(23)24)21-19(22)11-18-15-6-4-3-5-14(15)7-8-25-18/h3-6,9-10,18H,7-8,11H2,1-2H3,(H,21,22)(H,23,24). The van der Waals surface area contributed by atoms with E-state index in [1.807, 2.05) is 25.1 Å². The molecule has 0 bridgehead atoms. The third kappa shape index (κ3) is 3.72. The van der Waals surface area contributed by atoms with E-state index in [1.165, 1.54) is 11.6 Å². The van der Waals surface area contributed by atoms with Crippen LogP contribution in [0.25, 0.3) is 0 Å². The first kappa shape index (κ1) is 17.2. The molecule has 1 atom stereocenters. The van der Waals surface area contributed by atoms with Crippen LogP contribution in [0, 0.1) is 13.8 Å². The van der Waals surface area contributed by atoms with Gasteiger partial charge in [-0.1, -0.05) is 30.3 Å². The van der Waals surface area contributed by atoms with Crippen LogP contribution in [0.3, 0.4) is 0 Å². The molecule has 0 saturated carbocycles. The molecule has 1 aliphatic heterocycles. The number of amides is 1. The SMILES string of the molecule is Cc1cc(C)c(C(=O)O)cc1NC(=O)CC1OCCc2ccccc21. The molecule has 0 saturated heterocycles. The van der Waals surface area contributed by atoms with E-state index in [9.17, 15) is 14.7 Å². The predicted molar refractivity (Wildman–Crippen MR) is 95.0 cm³/mol. The first-order chi connectivity index (χ1) is 12.0. The van der Waals surface area contributed by atoms with Crippen LogP contribution in [0.5, 0.6) is 0 Å². The normalized spacial score (nSPS) is 16.2. The molecule has 1 aliphatic rings. The quantitative estimate of drug-likeness (QED) is 0.891. The van der Waals surface area contributed by atoms with Crippen LogP contribution in [-0.2, 0) is 16.0 Å². The fourth-order valence-corrected chi connectivity index (χ4v) is 3.23. The predicted octanol–water partition coefficient (Wildman–Crippen LogP) is 3.64. The van der Waals surface area contributed by atoms with Gasteiger partial charge in [0.1, 0.15) is 0 Å². The van der Waals surface area contributed by atoms with E-state index in [0.717, 1.165) is 17.5 Å². The number of carbonyl (C=O) groups excluding carboxylic acids is 1. The van der Waals surface area contributed by atoms with Crippen molar-refractivity contribution in [3.8, 4) is 0 Å². The minimum absolute atomic E-state index is 0.190. The molecule has 0 aliphatic carbocycles. The Morgan fingerprint density at radius 1 is 1.20 bits per heavy atom. The van der Waals surface area contributed by atoms with Crippen molar-refractivity contribution in [3.05, 3.63) is 64.2 Å². The molecule has 2 aromatic carbocycles. The third-order valence-corrected chi connectivity index (χ3v) is 4.54. The molecule has 2 N–H and O–H groups in total. The van der Waals surface area contributed by atoms with E-state index >= 15 is 0 Å². The average molecular weight is 339 g/mol. The largest absolute Gasteiger partial charge is 0.478 e. The Hall–Kier alpha value is -2.66. The highest BCUT2D eigenvalue weighted by Gasteiger charge is 2.23. The summed E-state index contributed by atoms with van der Waals surface area (Å²) >= 11 is 0. The van der Waals surface area contributed by atoms with Gasteiger partial charge in [0, 0.05) is 5.69 Å². The van der Waals surface area contributed by atoms with Gasteiger partial charge in [0.15, 0.2) is 0 Å². The molecule has 25 heavy (non-hydrogen) atoms. The summed E-state index contributed by atoms with van der Waals surface area (Å²) in [5.41, 5.74) is 4.49. The minimum atomic E-state index is -1.00. The fraction of sp³-hybridized carbons (Fsp3) is 0.300. The number of carboxylic acids is 1. The molecule has 2 aromatic rings. The van der Waals surface area contributed by atoms with Gasteiger partial charge in [0.05, 0.1) is 24.7 Å². The van der Waals surface area contributed by atoms with E-state index in [0.29, 0.717) is 17.9 Å². The highest BCUT2D eigenvalue weighted by atomic mass is 16.5. The van der Waals surface area contributed by atoms with Crippen molar-refractivity contribution in [3.63, 3.8) is 0 Å². The molecule has 1 amide bonds. The number of carbonyl (C=O) groups is 2. The van der Waals surface area contributed by atoms with Crippen molar-refractivity contribution < 1.29 is 19.4 Å². The van der Waals surface area contributed by atoms with Gasteiger partial charge < -0.3 is 15.2 Å². The summed E-state index contributed by atoms with van der Waals surface area (Å²) in [5.74, 6) is -1.19. The molecule has 0 aromatic heterocycles. The molecule has 5 nitrogen and oxygen atoms in total. The Morgan fingerprint density at radius 3 is 2.72 bits per heavy atom. The lowest BCUT2D eigenvalue weighted by molar-refractivity contribution is -0.119. The lowest BCUT2D eigenvalue weighted by Gasteiger charge is -2.25. The van der Waals surface area contributed by atoms with E-state index in [2.05, 4.69) is 11.4 Å². The van der Waals surface area contributed by atoms with Crippen molar-refractivity contribution in [1.29, 1.82) is 0 Å². The second-order valence-corrected chi connectivity index (χ2v) is 6.35. The van der Waals surface area contributed by atoms with Crippen LogP contribution in [0.2, 0.25) is 0 Å². The molecular formula is C20H21NO4. The van der Waals surface area contributed by atoms with Crippen molar-refractivity contribution in [1.82, 2.24) is 0 Å². The number of benzene rings is 2. The lowest BCUT2D eigenvalue weighted by Crippen LogP contribution is -2.22. The van der Waals surface area contributed by atoms with Crippen LogP contribution >= 0.6 is 0 Å². The maximum Gasteiger partial charge on any atom is 0.336 e. The summed E-state index contributed by atoms with van der Waals surface area (Å²) in [4.78, 5) is 23.8. The van der Waals surface area contributed by atoms with Crippen LogP contribution in [0.1, 0.15) is 45.1 Å². The zero-order valence-electron chi connectivity index (χ0n) is 14.3. The number of aromatic carboxylic acids is 1. The maximum atomic E-state index is 12.5. The van der Waals surface area contributed by atoms with Crippen molar-refractivity contribution in [2.24, 2.45) is 0 Å². The van der Waals surface area contributed by atoms with Gasteiger partial charge in [-0.2, -0.15) is 0 Å². The molecule has 1 heterocycles. The van der Waals surface area contributed by atoms with Gasteiger partial charge in [-0.05, 0) is 48.6 Å². The van der Waals surface area contributed by atoms with Crippen molar-refractivity contribution in [2.45, 2.75) is 32.8 Å². The second-order valence-electron chi connectivity index (χ2n) is 6.35. The molecule has 0 spiro atoms. The zero-order chi connectivity index (χ0) is 18.0. The first-order valence-corrected chi connectivity index (χ1v) is 8.29. The number of hydrogen-bond donors (Lipinski definition) is 2. The number of fused-ring (bicyclic) bond motifs is 1. The van der Waals surface area contributed by atoms with Gasteiger partial charge in [0.25, 0.3) is 0 Å². The third-order valence-electron chi connectivity index (χ3n) is 4.54.